The molecule has 0 saturated carbocycles. The highest BCUT2D eigenvalue weighted by Gasteiger charge is 2.30. The zero-order valence-electron chi connectivity index (χ0n) is 12.5. The molecule has 128 valence electrons. The van der Waals surface area contributed by atoms with Crippen molar-refractivity contribution in [1.82, 2.24) is 20.2 Å². The number of Topliss-reactive ketones (excluding diaryl/α,β-unsaturated/α-hetero) is 1. The van der Waals surface area contributed by atoms with E-state index < -0.39 is 11.7 Å². The van der Waals surface area contributed by atoms with E-state index in [0.29, 0.717) is 10.6 Å². The van der Waals surface area contributed by atoms with Crippen molar-refractivity contribution in [1.29, 1.82) is 0 Å². The van der Waals surface area contributed by atoms with Gasteiger partial charge in [-0.1, -0.05) is 35.9 Å². The standard InChI is InChI=1S/C16H10ClF3N4O/c17-13-7-2-1-6-12(13)14(25)9-24-22-15(21-23-24)10-4-3-5-11(8-10)16(18,19)20/h1-8H,9H2. The Balaban J connectivity index is 1.82. The fraction of sp³-hybridized carbons (Fsp3) is 0.125. The molecule has 2 aromatic carbocycles. The molecule has 0 aliphatic heterocycles. The number of nitrogens with zero attached hydrogens (tertiary/aromatic N) is 4. The van der Waals surface area contributed by atoms with Gasteiger partial charge in [0.25, 0.3) is 0 Å². The first-order valence-corrected chi connectivity index (χ1v) is 7.45. The highest BCUT2D eigenvalue weighted by Crippen LogP contribution is 2.31. The summed E-state index contributed by atoms with van der Waals surface area (Å²) in [5, 5.41) is 11.7. The average molecular weight is 367 g/mol. The molecule has 0 N–H and O–H groups in total. The summed E-state index contributed by atoms with van der Waals surface area (Å²) in [4.78, 5) is 13.2. The lowest BCUT2D eigenvalue weighted by molar-refractivity contribution is -0.137. The van der Waals surface area contributed by atoms with Crippen molar-refractivity contribution in [3.05, 3.63) is 64.7 Å². The van der Waals surface area contributed by atoms with E-state index in [1.165, 1.54) is 12.1 Å². The molecule has 0 spiro atoms. The molecule has 3 aromatic rings. The van der Waals surface area contributed by atoms with Gasteiger partial charge in [-0.15, -0.1) is 10.2 Å². The lowest BCUT2D eigenvalue weighted by Gasteiger charge is -2.06. The summed E-state index contributed by atoms with van der Waals surface area (Å²) in [6, 6.07) is 11.1. The van der Waals surface area contributed by atoms with Crippen LogP contribution < -0.4 is 0 Å². The molecule has 0 amide bonds. The van der Waals surface area contributed by atoms with Crippen LogP contribution in [-0.2, 0) is 12.7 Å². The molecular weight excluding hydrogens is 357 g/mol. The van der Waals surface area contributed by atoms with E-state index in [4.69, 9.17) is 11.6 Å². The van der Waals surface area contributed by atoms with Crippen molar-refractivity contribution in [2.24, 2.45) is 0 Å². The van der Waals surface area contributed by atoms with Crippen LogP contribution in [0.2, 0.25) is 5.02 Å². The molecule has 3 rings (SSSR count). The molecule has 0 saturated heterocycles. The topological polar surface area (TPSA) is 60.7 Å². The van der Waals surface area contributed by atoms with Gasteiger partial charge in [0.2, 0.25) is 5.82 Å². The van der Waals surface area contributed by atoms with Crippen LogP contribution in [0.1, 0.15) is 15.9 Å². The summed E-state index contributed by atoms with van der Waals surface area (Å²) < 4.78 is 38.3. The maximum absolute atomic E-state index is 12.8. The Morgan fingerprint density at radius 1 is 1.12 bits per heavy atom. The van der Waals surface area contributed by atoms with Crippen LogP contribution in [0, 0.1) is 0 Å². The van der Waals surface area contributed by atoms with Gasteiger partial charge in [-0.3, -0.25) is 4.79 Å². The van der Waals surface area contributed by atoms with Gasteiger partial charge in [0.05, 0.1) is 10.6 Å². The number of rotatable bonds is 4. The minimum atomic E-state index is -4.47. The van der Waals surface area contributed by atoms with E-state index in [2.05, 4.69) is 15.4 Å². The number of carbonyl (C=O) groups excluding carboxylic acids is 1. The zero-order chi connectivity index (χ0) is 18.0. The molecule has 0 bridgehead atoms. The maximum atomic E-state index is 12.8. The summed E-state index contributed by atoms with van der Waals surface area (Å²) in [7, 11) is 0. The largest absolute Gasteiger partial charge is 0.416 e. The molecule has 0 radical (unpaired) electrons. The van der Waals surface area contributed by atoms with E-state index in [-0.39, 0.29) is 23.7 Å². The van der Waals surface area contributed by atoms with Crippen LogP contribution in [0.3, 0.4) is 0 Å². The predicted octanol–water partition coefficient (Wildman–Crippen LogP) is 3.90. The number of carbonyl (C=O) groups is 1. The van der Waals surface area contributed by atoms with Crippen LogP contribution in [0.25, 0.3) is 11.4 Å². The highest BCUT2D eigenvalue weighted by atomic mass is 35.5. The molecule has 1 heterocycles. The monoisotopic (exact) mass is 366 g/mol. The Kier molecular flexibility index (Phi) is 4.54. The molecule has 1 aromatic heterocycles. The minimum Gasteiger partial charge on any atom is -0.292 e. The average Bonchev–Trinajstić information content (AvgIpc) is 3.03. The van der Waals surface area contributed by atoms with Crippen molar-refractivity contribution in [2.75, 3.05) is 0 Å². The van der Waals surface area contributed by atoms with Gasteiger partial charge in [-0.2, -0.15) is 18.0 Å². The Morgan fingerprint density at radius 2 is 1.88 bits per heavy atom. The quantitative estimate of drug-likeness (QED) is 0.657. The highest BCUT2D eigenvalue weighted by molar-refractivity contribution is 6.33. The number of aromatic nitrogens is 4. The van der Waals surface area contributed by atoms with Crippen LogP contribution in [0.5, 0.6) is 0 Å². The molecule has 5 nitrogen and oxygen atoms in total. The first kappa shape index (κ1) is 17.1. The number of alkyl halides is 3. The molecular formula is C16H10ClF3N4O. The molecule has 0 atom stereocenters. The summed E-state index contributed by atoms with van der Waals surface area (Å²) in [6.45, 7) is -0.226. The van der Waals surface area contributed by atoms with E-state index >= 15 is 0 Å². The van der Waals surface area contributed by atoms with Crippen LogP contribution >= 0.6 is 11.6 Å². The van der Waals surface area contributed by atoms with Gasteiger partial charge in [0, 0.05) is 11.1 Å². The van der Waals surface area contributed by atoms with Gasteiger partial charge in [0.15, 0.2) is 5.78 Å². The number of ketones is 1. The van der Waals surface area contributed by atoms with Gasteiger partial charge in [-0.05, 0) is 29.5 Å². The predicted molar refractivity (Wildman–Crippen MR) is 84.0 cm³/mol. The maximum Gasteiger partial charge on any atom is 0.416 e. The third kappa shape index (κ3) is 3.85. The number of hydrogen-bond acceptors (Lipinski definition) is 4. The number of tetrazole rings is 1. The molecule has 0 aliphatic carbocycles. The Labute approximate surface area is 145 Å². The van der Waals surface area contributed by atoms with Gasteiger partial charge >= 0.3 is 6.18 Å². The third-order valence-corrected chi connectivity index (χ3v) is 3.69. The van der Waals surface area contributed by atoms with Crippen LogP contribution in [-0.4, -0.2) is 26.0 Å². The minimum absolute atomic E-state index is 0.00180. The number of hydrogen-bond donors (Lipinski definition) is 0. The molecule has 9 heteroatoms. The first-order chi connectivity index (χ1) is 11.8. The first-order valence-electron chi connectivity index (χ1n) is 7.08. The Hall–Kier alpha value is -2.74. The van der Waals surface area contributed by atoms with E-state index in [1.807, 2.05) is 0 Å². The smallest absolute Gasteiger partial charge is 0.292 e. The normalized spacial score (nSPS) is 11.5. The van der Waals surface area contributed by atoms with Gasteiger partial charge < -0.3 is 0 Å². The SMILES string of the molecule is O=C(Cn1nnc(-c2cccc(C(F)(F)F)c2)n1)c1ccccc1Cl. The van der Waals surface area contributed by atoms with E-state index in [1.54, 1.807) is 24.3 Å². The Bertz CT molecular complexity index is 923. The molecule has 0 aliphatic rings. The summed E-state index contributed by atoms with van der Waals surface area (Å²) in [5.41, 5.74) is -0.346. The molecule has 0 fully saturated rings. The number of benzene rings is 2. The van der Waals surface area contributed by atoms with Crippen molar-refractivity contribution < 1.29 is 18.0 Å². The summed E-state index contributed by atoms with van der Waals surface area (Å²) >= 11 is 5.95. The number of halogens is 4. The molecule has 0 unspecified atom stereocenters. The van der Waals surface area contributed by atoms with Gasteiger partial charge in [-0.25, -0.2) is 0 Å². The lowest BCUT2D eigenvalue weighted by Crippen LogP contribution is -2.13. The second-order valence-corrected chi connectivity index (χ2v) is 5.53. The fourth-order valence-electron chi connectivity index (χ4n) is 2.16. The van der Waals surface area contributed by atoms with Gasteiger partial charge in [0.1, 0.15) is 6.54 Å². The van der Waals surface area contributed by atoms with Crippen LogP contribution in [0.15, 0.2) is 48.5 Å². The van der Waals surface area contributed by atoms with Crippen LogP contribution in [0.4, 0.5) is 13.2 Å². The summed E-state index contributed by atoms with van der Waals surface area (Å²) in [5.74, 6) is -0.336. The second-order valence-electron chi connectivity index (χ2n) is 5.13. The Morgan fingerprint density at radius 3 is 2.60 bits per heavy atom. The van der Waals surface area contributed by atoms with Crippen molar-refractivity contribution in [3.8, 4) is 11.4 Å². The van der Waals surface area contributed by atoms with Crippen molar-refractivity contribution in [2.45, 2.75) is 12.7 Å². The van der Waals surface area contributed by atoms with Crippen molar-refractivity contribution in [3.63, 3.8) is 0 Å². The lowest BCUT2D eigenvalue weighted by atomic mass is 10.1. The van der Waals surface area contributed by atoms with E-state index in [0.717, 1.165) is 16.9 Å². The third-order valence-electron chi connectivity index (χ3n) is 3.36. The van der Waals surface area contributed by atoms with Crippen molar-refractivity contribution >= 4 is 17.4 Å². The fourth-order valence-corrected chi connectivity index (χ4v) is 2.40. The zero-order valence-corrected chi connectivity index (χ0v) is 13.3. The van der Waals surface area contributed by atoms with E-state index in [9.17, 15) is 18.0 Å². The molecule has 25 heavy (non-hydrogen) atoms. The second kappa shape index (κ2) is 6.64. The summed E-state index contributed by atoms with van der Waals surface area (Å²) in [6.07, 6.45) is -4.47.